The maximum Gasteiger partial charge on any atom is 0.433 e. The summed E-state index contributed by atoms with van der Waals surface area (Å²) in [5.74, 6) is 0. The molecule has 0 amide bonds. The first kappa shape index (κ1) is 10.1. The Kier molecular flexibility index (Phi) is 2.96. The van der Waals surface area contributed by atoms with Crippen LogP contribution >= 0.6 is 0 Å². The van der Waals surface area contributed by atoms with Gasteiger partial charge in [-0.15, -0.1) is 0 Å². The molecular weight excluding hydrogens is 178 g/mol. The molecule has 13 heavy (non-hydrogen) atoms. The minimum atomic E-state index is -4.34. The monoisotopic (exact) mass is 186 g/mol. The number of halogens is 3. The Labute approximate surface area is 75.2 Å². The van der Waals surface area contributed by atoms with Gasteiger partial charge in [-0.3, -0.25) is 4.98 Å². The minimum absolute atomic E-state index is 0.533. The van der Waals surface area contributed by atoms with Crippen LogP contribution in [0, 0.1) is 0 Å². The van der Waals surface area contributed by atoms with E-state index in [0.29, 0.717) is 11.9 Å². The Morgan fingerprint density at radius 2 is 2.15 bits per heavy atom. The lowest BCUT2D eigenvalue weighted by molar-refractivity contribution is -0.141. The molecule has 0 spiro atoms. The summed E-state index contributed by atoms with van der Waals surface area (Å²) in [4.78, 5) is 3.25. The number of nitrogens with zero attached hydrogens (tertiary/aromatic N) is 1. The van der Waals surface area contributed by atoms with Crippen LogP contribution in [-0.4, -0.2) is 12.3 Å². The van der Waals surface area contributed by atoms with Crippen LogP contribution in [-0.2, 0) is 12.5 Å². The van der Waals surface area contributed by atoms with Crippen molar-refractivity contribution >= 4 is 7.28 Å². The zero-order valence-electron chi connectivity index (χ0n) is 7.10. The van der Waals surface area contributed by atoms with Gasteiger partial charge in [0.25, 0.3) is 0 Å². The number of hydrogen-bond acceptors (Lipinski definition) is 1. The molecule has 0 aromatic carbocycles. The standard InChI is InChI=1S/C8H8BF3N/c1-9-5-6-2-3-13-7(4-6)8(10,11)12/h2-4H,5H2,1H3. The van der Waals surface area contributed by atoms with Gasteiger partial charge < -0.3 is 0 Å². The van der Waals surface area contributed by atoms with Gasteiger partial charge in [0.05, 0.1) is 0 Å². The van der Waals surface area contributed by atoms with Crippen LogP contribution in [0.3, 0.4) is 0 Å². The zero-order chi connectivity index (χ0) is 9.90. The van der Waals surface area contributed by atoms with E-state index in [1.165, 1.54) is 6.20 Å². The SMILES string of the molecule is C[B]Cc1ccnc(C(F)(F)F)c1. The molecule has 1 radical (unpaired) electrons. The van der Waals surface area contributed by atoms with E-state index in [0.717, 1.165) is 6.07 Å². The maximum atomic E-state index is 12.1. The highest BCUT2D eigenvalue weighted by molar-refractivity contribution is 6.32. The van der Waals surface area contributed by atoms with Gasteiger partial charge in [-0.2, -0.15) is 13.2 Å². The van der Waals surface area contributed by atoms with Crippen molar-refractivity contribution in [2.24, 2.45) is 0 Å². The molecule has 1 aromatic heterocycles. The molecule has 1 aromatic rings. The summed E-state index contributed by atoms with van der Waals surface area (Å²) < 4.78 is 36.4. The van der Waals surface area contributed by atoms with Gasteiger partial charge in [-0.25, -0.2) is 0 Å². The molecule has 0 unspecified atom stereocenters. The van der Waals surface area contributed by atoms with E-state index in [-0.39, 0.29) is 0 Å². The summed E-state index contributed by atoms with van der Waals surface area (Å²) in [6.45, 7) is 1.80. The van der Waals surface area contributed by atoms with E-state index in [4.69, 9.17) is 0 Å². The molecule has 1 heterocycles. The van der Waals surface area contributed by atoms with Crippen molar-refractivity contribution < 1.29 is 13.2 Å². The van der Waals surface area contributed by atoms with Crippen molar-refractivity contribution in [2.75, 3.05) is 0 Å². The highest BCUT2D eigenvalue weighted by Gasteiger charge is 2.32. The zero-order valence-corrected chi connectivity index (χ0v) is 7.10. The van der Waals surface area contributed by atoms with E-state index in [9.17, 15) is 13.2 Å². The molecule has 0 aliphatic carbocycles. The second kappa shape index (κ2) is 3.81. The fourth-order valence-electron chi connectivity index (χ4n) is 0.992. The third-order valence-electron chi connectivity index (χ3n) is 1.55. The first-order valence-corrected chi connectivity index (χ1v) is 3.84. The fraction of sp³-hybridized carbons (Fsp3) is 0.375. The van der Waals surface area contributed by atoms with E-state index in [2.05, 4.69) is 4.98 Å². The number of pyridine rings is 1. The fourth-order valence-corrected chi connectivity index (χ4v) is 0.992. The lowest BCUT2D eigenvalue weighted by atomic mass is 9.75. The predicted octanol–water partition coefficient (Wildman–Crippen LogP) is 2.35. The average molecular weight is 186 g/mol. The first-order chi connectivity index (χ1) is 6.04. The molecule has 0 atom stereocenters. The van der Waals surface area contributed by atoms with Crippen molar-refractivity contribution in [2.45, 2.75) is 19.3 Å². The molecule has 0 N–H and O–H groups in total. The van der Waals surface area contributed by atoms with Crippen LogP contribution in [0.5, 0.6) is 0 Å². The van der Waals surface area contributed by atoms with Crippen LogP contribution in [0.15, 0.2) is 18.3 Å². The minimum Gasteiger partial charge on any atom is -0.252 e. The molecule has 0 bridgehead atoms. The van der Waals surface area contributed by atoms with Crippen LogP contribution in [0.1, 0.15) is 11.3 Å². The highest BCUT2D eigenvalue weighted by Crippen LogP contribution is 2.27. The molecule has 0 saturated carbocycles. The molecule has 5 heteroatoms. The third kappa shape index (κ3) is 2.75. The Hall–Kier alpha value is -0.995. The van der Waals surface area contributed by atoms with Crippen LogP contribution in [0.25, 0.3) is 0 Å². The number of alkyl halides is 3. The molecule has 0 fully saturated rings. The van der Waals surface area contributed by atoms with Crippen molar-refractivity contribution in [3.05, 3.63) is 29.6 Å². The van der Waals surface area contributed by atoms with Gasteiger partial charge in [0.1, 0.15) is 13.0 Å². The maximum absolute atomic E-state index is 12.1. The van der Waals surface area contributed by atoms with E-state index in [1.54, 1.807) is 20.2 Å². The van der Waals surface area contributed by atoms with Crippen LogP contribution in [0.4, 0.5) is 13.2 Å². The third-order valence-corrected chi connectivity index (χ3v) is 1.55. The molecule has 0 saturated heterocycles. The summed E-state index contributed by atoms with van der Waals surface area (Å²) in [5.41, 5.74) is -0.198. The predicted molar refractivity (Wildman–Crippen MR) is 44.6 cm³/mol. The molecule has 1 rings (SSSR count). The summed E-state index contributed by atoms with van der Waals surface area (Å²) in [6.07, 6.45) is -2.63. The number of hydrogen-bond donors (Lipinski definition) is 0. The molecular formula is C8H8BF3N. The van der Waals surface area contributed by atoms with Crippen molar-refractivity contribution in [3.63, 3.8) is 0 Å². The smallest absolute Gasteiger partial charge is 0.252 e. The first-order valence-electron chi connectivity index (χ1n) is 3.84. The molecule has 0 aliphatic heterocycles. The quantitative estimate of drug-likeness (QED) is 0.646. The lowest BCUT2D eigenvalue weighted by Gasteiger charge is -2.06. The van der Waals surface area contributed by atoms with Gasteiger partial charge in [-0.05, 0) is 12.1 Å². The summed E-state index contributed by atoms with van der Waals surface area (Å²) in [6, 6.07) is 2.65. The Morgan fingerprint density at radius 1 is 1.46 bits per heavy atom. The summed E-state index contributed by atoms with van der Waals surface area (Å²) in [5, 5.41) is 0. The van der Waals surface area contributed by atoms with Gasteiger partial charge in [0.2, 0.25) is 0 Å². The summed E-state index contributed by atoms with van der Waals surface area (Å²) in [7, 11) is 1.80. The molecule has 1 nitrogen and oxygen atoms in total. The van der Waals surface area contributed by atoms with Crippen molar-refractivity contribution in [1.29, 1.82) is 0 Å². The van der Waals surface area contributed by atoms with Gasteiger partial charge in [-0.1, -0.05) is 18.7 Å². The Bertz CT molecular complexity index is 285. The van der Waals surface area contributed by atoms with Gasteiger partial charge in [0, 0.05) is 6.20 Å². The topological polar surface area (TPSA) is 12.9 Å². The van der Waals surface area contributed by atoms with Crippen LogP contribution in [0.2, 0.25) is 6.82 Å². The molecule has 69 valence electrons. The molecule has 0 aliphatic rings. The summed E-state index contributed by atoms with van der Waals surface area (Å²) >= 11 is 0. The second-order valence-corrected chi connectivity index (χ2v) is 2.66. The van der Waals surface area contributed by atoms with E-state index < -0.39 is 11.9 Å². The van der Waals surface area contributed by atoms with Crippen molar-refractivity contribution in [3.8, 4) is 0 Å². The number of aromatic nitrogens is 1. The number of rotatable bonds is 2. The Morgan fingerprint density at radius 3 is 2.69 bits per heavy atom. The normalized spacial score (nSPS) is 11.4. The van der Waals surface area contributed by atoms with E-state index >= 15 is 0 Å². The lowest BCUT2D eigenvalue weighted by Crippen LogP contribution is -2.08. The Balaban J connectivity index is 2.92. The van der Waals surface area contributed by atoms with Gasteiger partial charge >= 0.3 is 6.18 Å². The second-order valence-electron chi connectivity index (χ2n) is 2.66. The van der Waals surface area contributed by atoms with Crippen LogP contribution < -0.4 is 0 Å². The van der Waals surface area contributed by atoms with Crippen molar-refractivity contribution in [1.82, 2.24) is 4.98 Å². The van der Waals surface area contributed by atoms with Gasteiger partial charge in [0.15, 0.2) is 0 Å². The highest BCUT2D eigenvalue weighted by atomic mass is 19.4. The van der Waals surface area contributed by atoms with E-state index in [1.807, 2.05) is 0 Å². The average Bonchev–Trinajstić information content (AvgIpc) is 2.04. The largest absolute Gasteiger partial charge is 0.433 e.